The summed E-state index contributed by atoms with van der Waals surface area (Å²) in [6.07, 6.45) is -0.0957. The van der Waals surface area contributed by atoms with Crippen LogP contribution in [0.4, 0.5) is 0 Å². The molecule has 4 aromatic carbocycles. The lowest BCUT2D eigenvalue weighted by molar-refractivity contribution is 0.0696. The number of para-hydroxylation sites is 2. The number of hydrogen-bond donors (Lipinski definition) is 0. The third-order valence-electron chi connectivity index (χ3n) is 5.93. The van der Waals surface area contributed by atoms with E-state index in [9.17, 15) is 9.13 Å². The van der Waals surface area contributed by atoms with Gasteiger partial charge in [0.1, 0.15) is 28.5 Å². The van der Waals surface area contributed by atoms with Crippen LogP contribution in [0.5, 0.6) is 17.2 Å². The Morgan fingerprint density at radius 3 is 1.75 bits per heavy atom. The smallest absolute Gasteiger partial charge is 0.446 e. The summed E-state index contributed by atoms with van der Waals surface area (Å²) in [4.78, 5) is 0. The van der Waals surface area contributed by atoms with Crippen LogP contribution in [0.1, 0.15) is 38.8 Å². The fraction of sp³-hybridized carbons (Fsp3) is 0.226. The molecule has 40 heavy (non-hydrogen) atoms. The number of hydrogen-bond acceptors (Lipinski definition) is 7. The van der Waals surface area contributed by atoms with Crippen LogP contribution in [0.2, 0.25) is 0 Å². The Balaban J connectivity index is 1.53. The predicted molar refractivity (Wildman–Crippen MR) is 156 cm³/mol. The van der Waals surface area contributed by atoms with Crippen molar-refractivity contribution in [3.8, 4) is 17.2 Å². The average molecular weight is 580 g/mol. The molecule has 0 aliphatic heterocycles. The topological polar surface area (TPSA) is 80.3 Å². The summed E-state index contributed by atoms with van der Waals surface area (Å²) in [5.74, 6) is 1.19. The van der Waals surface area contributed by atoms with E-state index >= 15 is 0 Å². The zero-order valence-electron chi connectivity index (χ0n) is 22.9. The first-order chi connectivity index (χ1) is 19.0. The lowest BCUT2D eigenvalue weighted by Crippen LogP contribution is -2.23. The second-order valence-electron chi connectivity index (χ2n) is 9.96. The van der Waals surface area contributed by atoms with Gasteiger partial charge in [-0.15, -0.1) is 4.52 Å². The molecule has 7 nitrogen and oxygen atoms in total. The first-order valence-electron chi connectivity index (χ1n) is 12.8. The Kier molecular flexibility index (Phi) is 9.44. The fourth-order valence-electron chi connectivity index (χ4n) is 3.87. The van der Waals surface area contributed by atoms with Crippen LogP contribution in [-0.2, 0) is 29.4 Å². The second-order valence-corrected chi connectivity index (χ2v) is 12.5. The summed E-state index contributed by atoms with van der Waals surface area (Å²) in [7, 11) is -6.36. The Hall–Kier alpha value is -3.47. The van der Waals surface area contributed by atoms with E-state index < -0.39 is 27.1 Å². The normalized spacial score (nSPS) is 13.7. The van der Waals surface area contributed by atoms with Gasteiger partial charge in [0, 0.05) is 0 Å². The molecule has 0 bridgehead atoms. The van der Waals surface area contributed by atoms with Gasteiger partial charge in [0.25, 0.3) is 0 Å². The molecule has 4 rings (SSSR count). The molecule has 0 aromatic heterocycles. The molecule has 208 valence electrons. The summed E-state index contributed by atoms with van der Waals surface area (Å²) < 4.78 is 56.2. The molecule has 0 amide bonds. The van der Waals surface area contributed by atoms with Crippen molar-refractivity contribution >= 4 is 15.9 Å². The molecule has 0 N–H and O–H groups in total. The molecular weight excluding hydrogens is 546 g/mol. The highest BCUT2D eigenvalue weighted by Crippen LogP contribution is 2.54. The number of ether oxygens (including phenoxy) is 1. The molecule has 0 radical (unpaired) electrons. The second kappa shape index (κ2) is 12.8. The van der Waals surface area contributed by atoms with Crippen LogP contribution in [0, 0.1) is 0 Å². The quantitative estimate of drug-likeness (QED) is 0.146. The van der Waals surface area contributed by atoms with Crippen molar-refractivity contribution in [1.82, 2.24) is 0 Å². The van der Waals surface area contributed by atoms with Gasteiger partial charge >= 0.3 is 22.2 Å². The van der Waals surface area contributed by atoms with Crippen molar-refractivity contribution in [2.75, 3.05) is 6.35 Å². The van der Waals surface area contributed by atoms with Gasteiger partial charge in [-0.1, -0.05) is 78.9 Å². The molecular formula is C31H33O7P2+. The van der Waals surface area contributed by atoms with E-state index in [0.717, 1.165) is 5.56 Å². The third-order valence-corrected chi connectivity index (χ3v) is 8.47. The lowest BCUT2D eigenvalue weighted by Gasteiger charge is -2.30. The molecule has 0 saturated carbocycles. The van der Waals surface area contributed by atoms with Crippen LogP contribution < -0.4 is 13.8 Å². The highest BCUT2D eigenvalue weighted by molar-refractivity contribution is 7.49. The Morgan fingerprint density at radius 1 is 0.625 bits per heavy atom. The molecule has 0 aliphatic rings. The van der Waals surface area contributed by atoms with Crippen molar-refractivity contribution < 1.29 is 32.0 Å². The number of phosphoric ester groups is 1. The summed E-state index contributed by atoms with van der Waals surface area (Å²) in [6.45, 7) is 7.18. The van der Waals surface area contributed by atoms with Crippen LogP contribution in [-0.4, -0.2) is 6.35 Å². The maximum atomic E-state index is 14.1. The zero-order valence-corrected chi connectivity index (χ0v) is 24.7. The van der Waals surface area contributed by atoms with E-state index in [4.69, 9.17) is 22.8 Å². The van der Waals surface area contributed by atoms with E-state index in [1.807, 2.05) is 60.7 Å². The summed E-state index contributed by atoms with van der Waals surface area (Å²) in [6, 6.07) is 34.1. The lowest BCUT2D eigenvalue weighted by atomic mass is 9.98. The first kappa shape index (κ1) is 29.5. The zero-order chi connectivity index (χ0) is 28.6. The van der Waals surface area contributed by atoms with Gasteiger partial charge < -0.3 is 13.8 Å². The van der Waals surface area contributed by atoms with E-state index in [0.29, 0.717) is 17.1 Å². The highest BCUT2D eigenvalue weighted by Gasteiger charge is 2.40. The number of phosphoric acid groups is 1. The van der Waals surface area contributed by atoms with Crippen LogP contribution in [0.15, 0.2) is 115 Å². The van der Waals surface area contributed by atoms with E-state index in [-0.39, 0.29) is 12.1 Å². The number of rotatable bonds is 13. The van der Waals surface area contributed by atoms with Gasteiger partial charge in [0.2, 0.25) is 0 Å². The molecule has 0 spiro atoms. The summed E-state index contributed by atoms with van der Waals surface area (Å²) in [5.41, 5.74) is -0.508. The molecule has 4 aromatic rings. The largest absolute Gasteiger partial charge is 0.588 e. The third kappa shape index (κ3) is 8.27. The van der Waals surface area contributed by atoms with E-state index in [1.54, 1.807) is 82.3 Å². The SMILES string of the molecule is CC(C)(O[P+](=O)COc1ccccc1)c1cccc(OP(=O)(Oc2ccccc2)OC(C)(C)c2ccccc2)c1. The van der Waals surface area contributed by atoms with Gasteiger partial charge in [-0.3, -0.25) is 4.52 Å². The first-order valence-corrected chi connectivity index (χ1v) is 15.6. The maximum Gasteiger partial charge on any atom is 0.588 e. The minimum absolute atomic E-state index is 0.0957. The van der Waals surface area contributed by atoms with Crippen molar-refractivity contribution in [1.29, 1.82) is 0 Å². The van der Waals surface area contributed by atoms with Gasteiger partial charge in [-0.25, -0.2) is 4.57 Å². The Labute approximate surface area is 236 Å². The van der Waals surface area contributed by atoms with E-state index in [2.05, 4.69) is 0 Å². The van der Waals surface area contributed by atoms with Crippen molar-refractivity contribution in [3.05, 3.63) is 126 Å². The molecule has 0 aliphatic carbocycles. The Bertz CT molecular complexity index is 1440. The molecule has 0 fully saturated rings. The monoisotopic (exact) mass is 579 g/mol. The summed E-state index contributed by atoms with van der Waals surface area (Å²) in [5, 5.41) is 0. The molecule has 2 unspecified atom stereocenters. The van der Waals surface area contributed by atoms with Gasteiger partial charge in [-0.2, -0.15) is 0 Å². The van der Waals surface area contributed by atoms with Crippen molar-refractivity contribution in [2.24, 2.45) is 0 Å². The molecule has 0 heterocycles. The molecule has 9 heteroatoms. The average Bonchev–Trinajstić information content (AvgIpc) is 2.93. The van der Waals surface area contributed by atoms with E-state index in [1.165, 1.54) is 0 Å². The number of benzene rings is 4. The van der Waals surface area contributed by atoms with Crippen molar-refractivity contribution in [3.63, 3.8) is 0 Å². The van der Waals surface area contributed by atoms with Crippen molar-refractivity contribution in [2.45, 2.75) is 38.9 Å². The summed E-state index contributed by atoms with van der Waals surface area (Å²) >= 11 is 0. The molecule has 2 atom stereocenters. The maximum absolute atomic E-state index is 14.1. The van der Waals surface area contributed by atoms with Gasteiger partial charge in [0.15, 0.2) is 0 Å². The van der Waals surface area contributed by atoms with Gasteiger partial charge in [0.05, 0.1) is 0 Å². The minimum Gasteiger partial charge on any atom is -0.446 e. The standard InChI is InChI=1S/C31H33O7P2/c1-30(2,37-39(32)24-34-27-18-10-6-11-19-27)26-17-14-22-29(23-26)36-40(33,35-28-20-12-7-13-21-28)38-31(3,4)25-15-8-5-9-16-25/h5-23H,24H2,1-4H3/q+1. The minimum atomic E-state index is -4.21. The molecule has 0 saturated heterocycles. The van der Waals surface area contributed by atoms with Crippen LogP contribution in [0.25, 0.3) is 0 Å². The highest BCUT2D eigenvalue weighted by atomic mass is 31.2. The van der Waals surface area contributed by atoms with Crippen LogP contribution in [0.3, 0.4) is 0 Å². The predicted octanol–water partition coefficient (Wildman–Crippen LogP) is 9.23. The Morgan fingerprint density at radius 2 is 1.12 bits per heavy atom. The van der Waals surface area contributed by atoms with Crippen LogP contribution >= 0.6 is 15.9 Å². The fourth-order valence-corrected chi connectivity index (χ4v) is 6.32. The van der Waals surface area contributed by atoms with Gasteiger partial charge in [-0.05, 0) is 79.8 Å².